The van der Waals surface area contributed by atoms with Crippen LogP contribution >= 0.6 is 0 Å². The van der Waals surface area contributed by atoms with Gasteiger partial charge < -0.3 is 10.1 Å². The Kier molecular flexibility index (Phi) is 5.58. The zero-order chi connectivity index (χ0) is 18.0. The maximum Gasteiger partial charge on any atom is 0.260 e. The topological polar surface area (TPSA) is 72.5 Å². The van der Waals surface area contributed by atoms with E-state index in [9.17, 15) is 13.2 Å². The third-order valence-corrected chi connectivity index (χ3v) is 6.13. The van der Waals surface area contributed by atoms with Gasteiger partial charge in [0.1, 0.15) is 5.75 Å². The first kappa shape index (κ1) is 18.8. The highest BCUT2D eigenvalue weighted by Crippen LogP contribution is 2.24. The van der Waals surface area contributed by atoms with Crippen LogP contribution in [-0.4, -0.2) is 38.5 Å². The molecule has 0 bridgehead atoms. The quantitative estimate of drug-likeness (QED) is 0.882. The van der Waals surface area contributed by atoms with Crippen LogP contribution in [0.25, 0.3) is 0 Å². The molecule has 1 amide bonds. The Morgan fingerprint density at radius 3 is 2.42 bits per heavy atom. The molecule has 24 heavy (non-hydrogen) atoms. The van der Waals surface area contributed by atoms with Crippen LogP contribution in [0.1, 0.15) is 39.7 Å². The molecule has 134 valence electrons. The highest BCUT2D eigenvalue weighted by molar-refractivity contribution is 7.91. The lowest BCUT2D eigenvalue weighted by Gasteiger charge is -2.20. The van der Waals surface area contributed by atoms with E-state index in [1.165, 1.54) is 5.56 Å². The Bertz CT molecular complexity index is 674. The first-order valence-electron chi connectivity index (χ1n) is 8.32. The van der Waals surface area contributed by atoms with Crippen LogP contribution in [0.3, 0.4) is 0 Å². The molecule has 0 radical (unpaired) electrons. The lowest BCUT2D eigenvalue weighted by Crippen LogP contribution is -2.39. The number of nitrogens with one attached hydrogen (secondary N) is 1. The second-order valence-corrected chi connectivity index (χ2v) is 9.78. The number of hydrogen-bond acceptors (Lipinski definition) is 4. The molecule has 1 heterocycles. The molecule has 2 atom stereocenters. The minimum atomic E-state index is -2.91. The Morgan fingerprint density at radius 2 is 1.92 bits per heavy atom. The molecule has 0 aliphatic carbocycles. The van der Waals surface area contributed by atoms with Crippen LogP contribution < -0.4 is 10.1 Å². The highest BCUT2D eigenvalue weighted by Gasteiger charge is 2.28. The van der Waals surface area contributed by atoms with Crippen molar-refractivity contribution in [1.82, 2.24) is 5.32 Å². The Labute approximate surface area is 144 Å². The second-order valence-electron chi connectivity index (χ2n) is 7.55. The summed E-state index contributed by atoms with van der Waals surface area (Å²) in [4.78, 5) is 12.1. The lowest BCUT2D eigenvalue weighted by atomic mass is 9.87. The van der Waals surface area contributed by atoms with Crippen LogP contribution in [0, 0.1) is 5.92 Å². The molecule has 1 aliphatic rings. The normalized spacial score (nSPS) is 21.2. The van der Waals surface area contributed by atoms with Crippen LogP contribution in [-0.2, 0) is 20.0 Å². The van der Waals surface area contributed by atoms with Crippen molar-refractivity contribution in [2.75, 3.05) is 18.1 Å². The van der Waals surface area contributed by atoms with Gasteiger partial charge in [-0.15, -0.1) is 0 Å². The summed E-state index contributed by atoms with van der Waals surface area (Å²) in [6.45, 7) is 8.50. The fourth-order valence-corrected chi connectivity index (χ4v) is 4.57. The van der Waals surface area contributed by atoms with Gasteiger partial charge in [-0.2, -0.15) is 0 Å². The largest absolute Gasteiger partial charge is 0.481 e. The van der Waals surface area contributed by atoms with Crippen molar-refractivity contribution in [3.05, 3.63) is 29.8 Å². The van der Waals surface area contributed by atoms with E-state index < -0.39 is 15.9 Å². The van der Waals surface area contributed by atoms with Crippen molar-refractivity contribution in [3.63, 3.8) is 0 Å². The number of carbonyl (C=O) groups excluding carboxylic acids is 1. The summed E-state index contributed by atoms with van der Waals surface area (Å²) >= 11 is 0. The average molecular weight is 353 g/mol. The minimum absolute atomic E-state index is 0.0113. The summed E-state index contributed by atoms with van der Waals surface area (Å²) in [5.74, 6) is 0.821. The zero-order valence-corrected chi connectivity index (χ0v) is 15.7. The van der Waals surface area contributed by atoms with Gasteiger partial charge in [0, 0.05) is 6.54 Å². The van der Waals surface area contributed by atoms with Gasteiger partial charge in [-0.05, 0) is 42.4 Å². The van der Waals surface area contributed by atoms with E-state index >= 15 is 0 Å². The predicted molar refractivity (Wildman–Crippen MR) is 95.0 cm³/mol. The van der Waals surface area contributed by atoms with Crippen molar-refractivity contribution in [2.45, 2.75) is 45.6 Å². The lowest BCUT2D eigenvalue weighted by molar-refractivity contribution is -0.127. The van der Waals surface area contributed by atoms with Gasteiger partial charge in [-0.25, -0.2) is 8.42 Å². The molecule has 0 spiro atoms. The van der Waals surface area contributed by atoms with Crippen molar-refractivity contribution in [2.24, 2.45) is 5.92 Å². The van der Waals surface area contributed by atoms with Gasteiger partial charge in [-0.3, -0.25) is 4.79 Å². The molecule has 1 aromatic carbocycles. The molecule has 0 saturated carbocycles. The number of benzene rings is 1. The van der Waals surface area contributed by atoms with Gasteiger partial charge in [0.15, 0.2) is 15.9 Å². The van der Waals surface area contributed by atoms with Gasteiger partial charge in [0.2, 0.25) is 0 Å². The highest BCUT2D eigenvalue weighted by atomic mass is 32.2. The van der Waals surface area contributed by atoms with E-state index in [1.54, 1.807) is 6.92 Å². The molecule has 1 aliphatic heterocycles. The number of carbonyl (C=O) groups is 1. The van der Waals surface area contributed by atoms with E-state index in [0.29, 0.717) is 18.7 Å². The maximum atomic E-state index is 12.1. The monoisotopic (exact) mass is 353 g/mol. The number of amides is 1. The third kappa shape index (κ3) is 5.23. The molecule has 6 heteroatoms. The van der Waals surface area contributed by atoms with Crippen LogP contribution in [0.4, 0.5) is 0 Å². The first-order chi connectivity index (χ1) is 11.1. The molecule has 1 fully saturated rings. The smallest absolute Gasteiger partial charge is 0.260 e. The van der Waals surface area contributed by atoms with Gasteiger partial charge in [-0.1, -0.05) is 32.9 Å². The second kappa shape index (κ2) is 7.13. The summed E-state index contributed by atoms with van der Waals surface area (Å²) in [5, 5.41) is 2.79. The molecule has 1 N–H and O–H groups in total. The van der Waals surface area contributed by atoms with Crippen LogP contribution in [0.5, 0.6) is 5.75 Å². The summed E-state index contributed by atoms with van der Waals surface area (Å²) in [6.07, 6.45) is -0.00458. The van der Waals surface area contributed by atoms with E-state index in [2.05, 4.69) is 26.1 Å². The predicted octanol–water partition coefficient (Wildman–Crippen LogP) is 2.30. The third-order valence-electron chi connectivity index (χ3n) is 4.29. The first-order valence-corrected chi connectivity index (χ1v) is 10.1. The summed E-state index contributed by atoms with van der Waals surface area (Å²) in [6, 6.07) is 7.74. The van der Waals surface area contributed by atoms with E-state index in [-0.39, 0.29) is 28.7 Å². The molecule has 1 aromatic rings. The summed E-state index contributed by atoms with van der Waals surface area (Å²) in [7, 11) is -2.91. The summed E-state index contributed by atoms with van der Waals surface area (Å²) < 4.78 is 28.5. The van der Waals surface area contributed by atoms with Gasteiger partial charge in [0.25, 0.3) is 5.91 Å². The fraction of sp³-hybridized carbons (Fsp3) is 0.611. The Morgan fingerprint density at radius 1 is 1.29 bits per heavy atom. The number of hydrogen-bond donors (Lipinski definition) is 1. The molecular formula is C18H27NO4S. The van der Waals surface area contributed by atoms with E-state index in [1.807, 2.05) is 24.3 Å². The average Bonchev–Trinajstić information content (AvgIpc) is 2.83. The van der Waals surface area contributed by atoms with E-state index in [4.69, 9.17) is 4.74 Å². The molecule has 1 saturated heterocycles. The summed E-state index contributed by atoms with van der Waals surface area (Å²) in [5.41, 5.74) is 1.28. The number of ether oxygens (including phenoxy) is 1. The SMILES string of the molecule is CC(Oc1ccc(C(C)(C)C)cc1)C(=O)NCC1CCS(=O)(=O)C1. The number of sulfone groups is 1. The van der Waals surface area contributed by atoms with Crippen molar-refractivity contribution in [1.29, 1.82) is 0 Å². The Hall–Kier alpha value is -1.56. The van der Waals surface area contributed by atoms with Gasteiger partial charge in [0.05, 0.1) is 11.5 Å². The van der Waals surface area contributed by atoms with Crippen molar-refractivity contribution >= 4 is 15.7 Å². The minimum Gasteiger partial charge on any atom is -0.481 e. The molecule has 2 unspecified atom stereocenters. The van der Waals surface area contributed by atoms with Crippen LogP contribution in [0.15, 0.2) is 24.3 Å². The molecular weight excluding hydrogens is 326 g/mol. The zero-order valence-electron chi connectivity index (χ0n) is 14.8. The fourth-order valence-electron chi connectivity index (χ4n) is 2.71. The van der Waals surface area contributed by atoms with Gasteiger partial charge >= 0.3 is 0 Å². The van der Waals surface area contributed by atoms with Crippen molar-refractivity contribution in [3.8, 4) is 5.75 Å². The number of rotatable bonds is 5. The standard InChI is InChI=1S/C18H27NO4S/c1-13(17(20)19-11-14-9-10-24(21,22)12-14)23-16-7-5-15(6-8-16)18(2,3)4/h5-8,13-14H,9-12H2,1-4H3,(H,19,20). The molecule has 5 nitrogen and oxygen atoms in total. The maximum absolute atomic E-state index is 12.1. The Balaban J connectivity index is 1.83. The van der Waals surface area contributed by atoms with E-state index in [0.717, 1.165) is 0 Å². The van der Waals surface area contributed by atoms with Crippen LogP contribution in [0.2, 0.25) is 0 Å². The van der Waals surface area contributed by atoms with Crippen molar-refractivity contribution < 1.29 is 17.9 Å². The molecule has 0 aromatic heterocycles. The molecule has 2 rings (SSSR count).